The van der Waals surface area contributed by atoms with E-state index in [9.17, 15) is 22.3 Å². The third-order valence-corrected chi connectivity index (χ3v) is 4.44. The number of unbranched alkanes of at least 4 members (excludes halogenated alkanes) is 1. The van der Waals surface area contributed by atoms with Gasteiger partial charge >= 0.3 is 5.92 Å². The fraction of sp³-hybridized carbons (Fsp3) is 1.00. The van der Waals surface area contributed by atoms with Gasteiger partial charge in [-0.05, 0) is 6.42 Å². The molecule has 1 fully saturated rings. The van der Waals surface area contributed by atoms with Gasteiger partial charge in [-0.15, -0.1) is 0 Å². The molecule has 1 aliphatic rings. The number of hydrogen-bond donors (Lipinski definition) is 3. The van der Waals surface area contributed by atoms with E-state index >= 15 is 0 Å². The minimum absolute atomic E-state index is 0.208. The average molecular weight is 304 g/mol. The van der Waals surface area contributed by atoms with E-state index < -0.39 is 46.2 Å². The third-order valence-electron chi connectivity index (χ3n) is 3.19. The Hall–Kier alpha value is -0.350. The van der Waals surface area contributed by atoms with Gasteiger partial charge in [0.05, 0.1) is 6.61 Å². The Kier molecular flexibility index (Phi) is 5.24. The Bertz CT molecular complexity index is 399. The predicted molar refractivity (Wildman–Crippen MR) is 61.6 cm³/mol. The lowest BCUT2D eigenvalue weighted by Gasteiger charge is -2.25. The monoisotopic (exact) mass is 304 g/mol. The van der Waals surface area contributed by atoms with Crippen molar-refractivity contribution in [2.45, 2.75) is 55.7 Å². The second-order valence-electron chi connectivity index (χ2n) is 4.59. The molecule has 1 rings (SSSR count). The molecule has 3 N–H and O–H groups in total. The molecule has 1 aliphatic heterocycles. The van der Waals surface area contributed by atoms with E-state index in [0.29, 0.717) is 12.8 Å². The van der Waals surface area contributed by atoms with Gasteiger partial charge in [0, 0.05) is 0 Å². The van der Waals surface area contributed by atoms with Gasteiger partial charge in [-0.1, -0.05) is 19.8 Å². The van der Waals surface area contributed by atoms with Gasteiger partial charge < -0.3 is 14.9 Å². The van der Waals surface area contributed by atoms with Crippen LogP contribution in [0, 0.1) is 0 Å². The summed E-state index contributed by atoms with van der Waals surface area (Å²) in [5.74, 6) is -3.85. The molecule has 0 aromatic rings. The quantitative estimate of drug-likeness (QED) is 0.605. The Morgan fingerprint density at radius 2 is 2.00 bits per heavy atom. The van der Waals surface area contributed by atoms with Crippen molar-refractivity contribution in [3.63, 3.8) is 0 Å². The number of halogens is 2. The van der Waals surface area contributed by atoms with E-state index in [1.54, 1.807) is 6.92 Å². The summed E-state index contributed by atoms with van der Waals surface area (Å²) in [7, 11) is -4.74. The number of hydrogen-bond acceptors (Lipinski definition) is 5. The van der Waals surface area contributed by atoms with Crippen molar-refractivity contribution >= 4 is 10.1 Å². The van der Waals surface area contributed by atoms with Crippen molar-refractivity contribution in [3.8, 4) is 0 Å². The number of aliphatic hydroxyl groups excluding tert-OH is 2. The van der Waals surface area contributed by atoms with Crippen LogP contribution in [0.4, 0.5) is 8.78 Å². The maximum atomic E-state index is 13.8. The number of rotatable bonds is 6. The summed E-state index contributed by atoms with van der Waals surface area (Å²) < 4.78 is 63.8. The topological polar surface area (TPSA) is 104 Å². The first kappa shape index (κ1) is 16.7. The zero-order valence-corrected chi connectivity index (χ0v) is 11.2. The SMILES string of the molecule is CCCCC(C1O[C@H](CO)[C@@H](O)C1(F)F)S(=O)(=O)O. The highest BCUT2D eigenvalue weighted by molar-refractivity contribution is 7.86. The lowest BCUT2D eigenvalue weighted by atomic mass is 10.0. The molecule has 0 bridgehead atoms. The second kappa shape index (κ2) is 5.96. The number of aliphatic hydroxyl groups is 2. The zero-order valence-electron chi connectivity index (χ0n) is 10.4. The summed E-state index contributed by atoms with van der Waals surface area (Å²) in [4.78, 5) is 0. The first-order valence-electron chi connectivity index (χ1n) is 5.94. The van der Waals surface area contributed by atoms with Crippen molar-refractivity contribution in [3.05, 3.63) is 0 Å². The van der Waals surface area contributed by atoms with Crippen LogP contribution in [0.5, 0.6) is 0 Å². The Morgan fingerprint density at radius 3 is 2.37 bits per heavy atom. The van der Waals surface area contributed by atoms with Crippen LogP contribution >= 0.6 is 0 Å². The second-order valence-corrected chi connectivity index (χ2v) is 6.23. The average Bonchev–Trinajstić information content (AvgIpc) is 2.51. The normalized spacial score (nSPS) is 32.4. The molecule has 19 heavy (non-hydrogen) atoms. The van der Waals surface area contributed by atoms with E-state index in [4.69, 9.17) is 14.4 Å². The molecule has 4 atom stereocenters. The maximum absolute atomic E-state index is 13.8. The molecule has 0 aromatic carbocycles. The molecule has 0 saturated carbocycles. The Labute approximate surface area is 110 Å². The first-order chi connectivity index (χ1) is 8.66. The molecular formula is C10H18F2O6S. The van der Waals surface area contributed by atoms with Gasteiger partial charge in [-0.2, -0.15) is 8.42 Å². The summed E-state index contributed by atoms with van der Waals surface area (Å²) in [6.45, 7) is 0.874. The lowest BCUT2D eigenvalue weighted by molar-refractivity contribution is -0.113. The Balaban J connectivity index is 3.02. The van der Waals surface area contributed by atoms with Crippen LogP contribution in [0.15, 0.2) is 0 Å². The molecule has 2 unspecified atom stereocenters. The lowest BCUT2D eigenvalue weighted by Crippen LogP contribution is -2.48. The van der Waals surface area contributed by atoms with Gasteiger partial charge in [0.2, 0.25) is 0 Å². The zero-order chi connectivity index (χ0) is 14.8. The molecule has 1 heterocycles. The fourth-order valence-corrected chi connectivity index (χ4v) is 3.13. The summed E-state index contributed by atoms with van der Waals surface area (Å²) in [6.07, 6.45) is -5.38. The molecule has 6 nitrogen and oxygen atoms in total. The minimum Gasteiger partial charge on any atom is -0.394 e. The number of ether oxygens (including phenoxy) is 1. The van der Waals surface area contributed by atoms with Crippen LogP contribution in [-0.2, 0) is 14.9 Å². The molecule has 0 radical (unpaired) electrons. The minimum atomic E-state index is -4.74. The van der Waals surface area contributed by atoms with Crippen LogP contribution in [0.3, 0.4) is 0 Å². The van der Waals surface area contributed by atoms with Crippen molar-refractivity contribution < 1.29 is 36.7 Å². The molecule has 0 spiro atoms. The molecule has 1 saturated heterocycles. The standard InChI is InChI=1S/C10H18F2O6S/c1-2-3-4-7(19(15,16)17)9-10(11,12)8(14)6(5-13)18-9/h6-9,13-14H,2-5H2,1H3,(H,15,16,17)/t6-,7?,8-,9?/m1/s1. The van der Waals surface area contributed by atoms with Crippen LogP contribution in [-0.4, -0.2) is 59.3 Å². The van der Waals surface area contributed by atoms with Crippen molar-refractivity contribution in [2.75, 3.05) is 6.61 Å². The summed E-state index contributed by atoms with van der Waals surface area (Å²) in [5, 5.41) is 16.3. The van der Waals surface area contributed by atoms with E-state index in [2.05, 4.69) is 0 Å². The maximum Gasteiger partial charge on any atom is 0.302 e. The third kappa shape index (κ3) is 3.40. The predicted octanol–water partition coefficient (Wildman–Crippen LogP) is 0.189. The summed E-state index contributed by atoms with van der Waals surface area (Å²) in [5.41, 5.74) is 0. The molecule has 0 aliphatic carbocycles. The molecule has 114 valence electrons. The first-order valence-corrected chi connectivity index (χ1v) is 7.45. The molecular weight excluding hydrogens is 286 g/mol. The van der Waals surface area contributed by atoms with E-state index in [-0.39, 0.29) is 6.42 Å². The van der Waals surface area contributed by atoms with E-state index in [1.807, 2.05) is 0 Å². The van der Waals surface area contributed by atoms with Gasteiger partial charge in [-0.25, -0.2) is 8.78 Å². The molecule has 0 aromatic heterocycles. The van der Waals surface area contributed by atoms with Crippen LogP contribution in [0.25, 0.3) is 0 Å². The summed E-state index contributed by atoms with van der Waals surface area (Å²) >= 11 is 0. The van der Waals surface area contributed by atoms with Crippen LogP contribution in [0.2, 0.25) is 0 Å². The van der Waals surface area contributed by atoms with Gasteiger partial charge in [-0.3, -0.25) is 4.55 Å². The van der Waals surface area contributed by atoms with Crippen molar-refractivity contribution in [1.29, 1.82) is 0 Å². The fourth-order valence-electron chi connectivity index (χ4n) is 2.11. The highest BCUT2D eigenvalue weighted by atomic mass is 32.2. The largest absolute Gasteiger partial charge is 0.394 e. The van der Waals surface area contributed by atoms with Crippen LogP contribution in [0.1, 0.15) is 26.2 Å². The highest BCUT2D eigenvalue weighted by Gasteiger charge is 2.62. The summed E-state index contributed by atoms with van der Waals surface area (Å²) in [6, 6.07) is 0. The van der Waals surface area contributed by atoms with Gasteiger partial charge in [0.15, 0.2) is 0 Å². The van der Waals surface area contributed by atoms with Crippen molar-refractivity contribution in [2.24, 2.45) is 0 Å². The van der Waals surface area contributed by atoms with Crippen molar-refractivity contribution in [1.82, 2.24) is 0 Å². The van der Waals surface area contributed by atoms with E-state index in [1.165, 1.54) is 0 Å². The van der Waals surface area contributed by atoms with Gasteiger partial charge in [0.25, 0.3) is 10.1 Å². The van der Waals surface area contributed by atoms with Gasteiger partial charge in [0.1, 0.15) is 23.6 Å². The highest BCUT2D eigenvalue weighted by Crippen LogP contribution is 2.40. The van der Waals surface area contributed by atoms with Crippen LogP contribution < -0.4 is 0 Å². The molecule has 0 amide bonds. The molecule has 9 heteroatoms. The number of alkyl halides is 2. The smallest absolute Gasteiger partial charge is 0.302 e. The van der Waals surface area contributed by atoms with E-state index in [0.717, 1.165) is 0 Å². The Morgan fingerprint density at radius 1 is 1.42 bits per heavy atom.